The zero-order valence-corrected chi connectivity index (χ0v) is 69.8. The van der Waals surface area contributed by atoms with Crippen LogP contribution in [0.25, 0.3) is 0 Å². The number of allylic oxidation sites excluding steroid dienone is 36. The maximum Gasteiger partial charge on any atom is 0.0596 e. The molecule has 0 bridgehead atoms. The maximum atomic E-state index is 10.6. The van der Waals surface area contributed by atoms with Gasteiger partial charge in [0.2, 0.25) is 0 Å². The molecule has 0 spiro atoms. The van der Waals surface area contributed by atoms with E-state index in [1.807, 2.05) is 0 Å². The average Bonchev–Trinajstić information content (AvgIpc) is 1.53. The van der Waals surface area contributed by atoms with E-state index in [1.165, 1.54) is 145 Å². The van der Waals surface area contributed by atoms with Gasteiger partial charge >= 0.3 is 0 Å². The van der Waals surface area contributed by atoms with Crippen LogP contribution in [-0.4, -0.2) is 6.61 Å². The Morgan fingerprint density at radius 3 is 0.490 bits per heavy atom. The number of phosphoric acid groups is 1. The molecular formula is C95H155O4P-2. The van der Waals surface area contributed by atoms with Gasteiger partial charge in [-0.05, 0) is 375 Å². The summed E-state index contributed by atoms with van der Waals surface area (Å²) in [5.41, 5.74) is 27.1. The van der Waals surface area contributed by atoms with Crippen LogP contribution in [0.15, 0.2) is 210 Å². The van der Waals surface area contributed by atoms with Crippen molar-refractivity contribution in [2.45, 2.75) is 376 Å². The smallest absolute Gasteiger partial charge is 0.0596 e. The molecule has 0 fully saturated rings. The standard InChI is InChI=1S/C95H157O4P/c1-77(2)39-21-40-78(3)41-22-42-79(4)43-23-44-80(5)45-24-46-81(6)47-25-48-82(7)49-26-50-83(8)51-27-52-84(9)53-28-54-85(10)55-29-56-86(11)57-30-58-87(12)59-31-60-88(13)61-32-62-89(14)63-33-64-90(15)65-34-66-91(16)67-35-68-92(17)69-36-70-93(18)71-37-72-94(19)73-38-74-95(20)75-76-99-100(96,97)98/h39,41,43,45,47,49,51,53,55,57,59,61,63,65,67,69,71,73,95H,21-38,40,42,44,46,48,50,52,54,56,58,60,62,64,66,68,70,72,74-76H2,1-20H3,(H2,96,97,98)/p-2/b78-41+,79-43+,80-45-,81-47-,82-49-,83-51-,84-53-,85-55-,86-57-,87-59-,88-61-,89-63-,90-65-,91-67-,92-69-,93-71-,94-73-. The molecule has 0 heterocycles. The molecule has 5 heteroatoms. The zero-order chi connectivity index (χ0) is 74.8. The van der Waals surface area contributed by atoms with Gasteiger partial charge in [-0.25, -0.2) is 0 Å². The summed E-state index contributed by atoms with van der Waals surface area (Å²) in [5.74, 6) is 0.316. The lowest BCUT2D eigenvalue weighted by atomic mass is 10.0. The summed E-state index contributed by atoms with van der Waals surface area (Å²) in [5, 5.41) is 0. The van der Waals surface area contributed by atoms with Crippen LogP contribution in [-0.2, 0) is 9.09 Å². The first kappa shape index (κ1) is 95.4. The van der Waals surface area contributed by atoms with Crippen molar-refractivity contribution in [2.75, 3.05) is 6.61 Å². The van der Waals surface area contributed by atoms with Crippen LogP contribution in [0, 0.1) is 5.92 Å². The molecule has 1 atom stereocenters. The van der Waals surface area contributed by atoms with Crippen molar-refractivity contribution in [3.8, 4) is 0 Å². The molecule has 0 amide bonds. The highest BCUT2D eigenvalue weighted by Crippen LogP contribution is 2.27. The second-order valence-electron chi connectivity index (χ2n) is 31.0. The van der Waals surface area contributed by atoms with E-state index in [0.717, 1.165) is 186 Å². The van der Waals surface area contributed by atoms with Gasteiger partial charge in [-0.1, -0.05) is 217 Å². The van der Waals surface area contributed by atoms with Gasteiger partial charge in [-0.3, -0.25) is 0 Å². The van der Waals surface area contributed by atoms with Crippen LogP contribution in [0.4, 0.5) is 0 Å². The molecule has 0 aliphatic rings. The highest BCUT2D eigenvalue weighted by atomic mass is 31.2. The van der Waals surface area contributed by atoms with Gasteiger partial charge in [0.15, 0.2) is 0 Å². The van der Waals surface area contributed by atoms with Gasteiger partial charge in [0.25, 0.3) is 0 Å². The van der Waals surface area contributed by atoms with E-state index in [4.69, 9.17) is 0 Å². The van der Waals surface area contributed by atoms with E-state index in [1.54, 1.807) is 0 Å². The predicted octanol–water partition coefficient (Wildman–Crippen LogP) is 31.0. The molecule has 0 rings (SSSR count). The Labute approximate surface area is 621 Å². The molecule has 0 radical (unpaired) electrons. The topological polar surface area (TPSA) is 72.4 Å². The molecular weight excluding hydrogens is 1240 g/mol. The summed E-state index contributed by atoms with van der Waals surface area (Å²) in [4.78, 5) is 21.3. The minimum absolute atomic E-state index is 0.0204. The number of hydrogen-bond donors (Lipinski definition) is 0. The molecule has 4 nitrogen and oxygen atoms in total. The highest BCUT2D eigenvalue weighted by molar-refractivity contribution is 7.43. The summed E-state index contributed by atoms with van der Waals surface area (Å²) in [7, 11) is -4.86. The molecule has 0 aliphatic carbocycles. The number of rotatable bonds is 58. The van der Waals surface area contributed by atoms with E-state index in [2.05, 4.69) is 252 Å². The molecule has 100 heavy (non-hydrogen) atoms. The van der Waals surface area contributed by atoms with Crippen LogP contribution in [0.5, 0.6) is 0 Å². The normalized spacial score (nSPS) is 15.5. The third-order valence-corrected chi connectivity index (χ3v) is 20.1. The van der Waals surface area contributed by atoms with Gasteiger partial charge in [-0.15, -0.1) is 0 Å². The van der Waals surface area contributed by atoms with Crippen LogP contribution in [0.1, 0.15) is 376 Å². The second-order valence-corrected chi connectivity index (χ2v) is 32.2. The first-order valence-corrected chi connectivity index (χ1v) is 41.4. The SMILES string of the molecule is CC(C)=CCC/C(C)=C/CC/C(C)=C/CC/C(C)=C\CC/C(C)=C\CC/C(C)=C\CC/C(C)=C\CC/C(C)=C\CC/C(C)=C\CC/C(C)=C\CC/C(C)=C\CC/C(C)=C\CC/C(C)=C\CC/C(C)=C\CC/C(C)=C\CC/C(C)=C\CC/C(C)=C\CC/C(C)=C\CCC(C)CCOP(=O)([O-])[O-]. The Hall–Kier alpha value is -4.57. The van der Waals surface area contributed by atoms with Crippen molar-refractivity contribution >= 4 is 7.82 Å². The van der Waals surface area contributed by atoms with E-state index < -0.39 is 7.82 Å². The lowest BCUT2D eigenvalue weighted by molar-refractivity contribution is -0.341. The summed E-state index contributed by atoms with van der Waals surface area (Å²) in [6.45, 7) is 45.5. The maximum absolute atomic E-state index is 10.6. The Balaban J connectivity index is 4.35. The molecule has 0 saturated heterocycles. The van der Waals surface area contributed by atoms with E-state index >= 15 is 0 Å². The lowest BCUT2D eigenvalue weighted by Crippen LogP contribution is -2.17. The fourth-order valence-corrected chi connectivity index (χ4v) is 12.5. The summed E-state index contributed by atoms with van der Waals surface area (Å²) in [6.07, 6.45) is 85.4. The van der Waals surface area contributed by atoms with Gasteiger partial charge in [0.05, 0.1) is 14.4 Å². The van der Waals surface area contributed by atoms with Crippen LogP contribution in [0.3, 0.4) is 0 Å². The number of phosphoric ester groups is 1. The average molecular weight is 1390 g/mol. The molecule has 0 aromatic rings. The lowest BCUT2D eigenvalue weighted by Gasteiger charge is -2.29. The number of hydrogen-bond acceptors (Lipinski definition) is 4. The first-order chi connectivity index (χ1) is 47.5. The van der Waals surface area contributed by atoms with Gasteiger partial charge in [-0.2, -0.15) is 0 Å². The van der Waals surface area contributed by atoms with Crippen LogP contribution >= 0.6 is 7.82 Å². The van der Waals surface area contributed by atoms with Crippen molar-refractivity contribution in [1.29, 1.82) is 0 Å². The van der Waals surface area contributed by atoms with Crippen molar-refractivity contribution in [2.24, 2.45) is 5.92 Å². The summed E-state index contributed by atoms with van der Waals surface area (Å²) < 4.78 is 15.0. The van der Waals surface area contributed by atoms with Crippen LogP contribution in [0.2, 0.25) is 0 Å². The minimum atomic E-state index is -4.86. The summed E-state index contributed by atoms with van der Waals surface area (Å²) in [6, 6.07) is 0. The van der Waals surface area contributed by atoms with Gasteiger partial charge in [0, 0.05) is 0 Å². The monoisotopic (exact) mass is 1390 g/mol. The van der Waals surface area contributed by atoms with E-state index in [-0.39, 0.29) is 6.61 Å². The largest absolute Gasteiger partial charge is 0.790 e. The predicted molar refractivity (Wildman–Crippen MR) is 447 cm³/mol. The molecule has 0 N–H and O–H groups in total. The molecule has 1 unspecified atom stereocenters. The van der Waals surface area contributed by atoms with Crippen molar-refractivity contribution in [3.63, 3.8) is 0 Å². The molecule has 0 saturated carbocycles. The van der Waals surface area contributed by atoms with Gasteiger partial charge in [0.1, 0.15) is 0 Å². The molecule has 566 valence electrons. The van der Waals surface area contributed by atoms with Crippen LogP contribution < -0.4 is 9.79 Å². The van der Waals surface area contributed by atoms with Crippen molar-refractivity contribution in [3.05, 3.63) is 210 Å². The van der Waals surface area contributed by atoms with E-state index in [0.29, 0.717) is 12.3 Å². The fraction of sp³-hybridized carbons (Fsp3) is 0.621. The quantitative estimate of drug-likeness (QED) is 0.0449. The Morgan fingerprint density at radius 1 is 0.230 bits per heavy atom. The molecule has 0 aromatic heterocycles. The van der Waals surface area contributed by atoms with Crippen molar-refractivity contribution < 1.29 is 18.9 Å². The Kier molecular flexibility index (Phi) is 59.0. The second kappa shape index (κ2) is 61.9. The minimum Gasteiger partial charge on any atom is -0.790 e. The van der Waals surface area contributed by atoms with Gasteiger partial charge < -0.3 is 18.9 Å². The first-order valence-electron chi connectivity index (χ1n) is 40.0. The third kappa shape index (κ3) is 65.5. The zero-order valence-electron chi connectivity index (χ0n) is 68.9. The van der Waals surface area contributed by atoms with Crippen molar-refractivity contribution in [1.82, 2.24) is 0 Å². The van der Waals surface area contributed by atoms with E-state index in [9.17, 15) is 14.4 Å². The third-order valence-electron chi connectivity index (χ3n) is 19.6. The fourth-order valence-electron chi connectivity index (χ4n) is 12.2. The Bertz CT molecular complexity index is 2890. The summed E-state index contributed by atoms with van der Waals surface area (Å²) >= 11 is 0. The highest BCUT2D eigenvalue weighted by Gasteiger charge is 2.05. The Morgan fingerprint density at radius 2 is 0.360 bits per heavy atom. The molecule has 0 aromatic carbocycles. The molecule has 0 aliphatic heterocycles.